The van der Waals surface area contributed by atoms with E-state index in [2.05, 4.69) is 25.7 Å². The minimum atomic E-state index is -0.0911. The number of hydrogen-bond donors (Lipinski definition) is 2. The van der Waals surface area contributed by atoms with Crippen LogP contribution in [0.15, 0.2) is 4.42 Å². The standard InChI is InChI=1S/C11H17N5O2/c1-7-14-15-11(18-7)13-10(17)6-16-4-8-2-12-3-9(8)5-16/h8-9,12H,2-6H2,1H3,(H,13,15,17)/t8-,9+. The van der Waals surface area contributed by atoms with Gasteiger partial charge in [-0.15, -0.1) is 5.10 Å². The van der Waals surface area contributed by atoms with E-state index in [4.69, 9.17) is 4.42 Å². The summed E-state index contributed by atoms with van der Waals surface area (Å²) in [6.45, 7) is 6.23. The second-order valence-corrected chi connectivity index (χ2v) is 5.05. The molecule has 2 fully saturated rings. The molecule has 1 aromatic rings. The van der Waals surface area contributed by atoms with Gasteiger partial charge in [-0.2, -0.15) is 0 Å². The van der Waals surface area contributed by atoms with E-state index in [1.165, 1.54) is 0 Å². The molecule has 0 aromatic carbocycles. The van der Waals surface area contributed by atoms with Gasteiger partial charge in [0.25, 0.3) is 0 Å². The second kappa shape index (κ2) is 4.66. The number of rotatable bonds is 3. The first-order valence-electron chi connectivity index (χ1n) is 6.24. The molecule has 98 valence electrons. The fourth-order valence-electron chi connectivity index (χ4n) is 2.79. The summed E-state index contributed by atoms with van der Waals surface area (Å²) in [5.74, 6) is 1.76. The maximum absolute atomic E-state index is 11.8. The van der Waals surface area contributed by atoms with Crippen molar-refractivity contribution >= 4 is 11.9 Å². The first-order chi connectivity index (χ1) is 8.70. The van der Waals surface area contributed by atoms with Gasteiger partial charge in [0.15, 0.2) is 0 Å². The highest BCUT2D eigenvalue weighted by atomic mass is 16.4. The molecule has 2 saturated heterocycles. The number of likely N-dealkylation sites (tertiary alicyclic amines) is 1. The van der Waals surface area contributed by atoms with Crippen molar-refractivity contribution in [3.63, 3.8) is 0 Å². The van der Waals surface area contributed by atoms with Crippen molar-refractivity contribution in [2.45, 2.75) is 6.92 Å². The lowest BCUT2D eigenvalue weighted by Gasteiger charge is -2.15. The van der Waals surface area contributed by atoms with Crippen LogP contribution >= 0.6 is 0 Å². The van der Waals surface area contributed by atoms with Crippen molar-refractivity contribution in [1.29, 1.82) is 0 Å². The van der Waals surface area contributed by atoms with Gasteiger partial charge in [0.2, 0.25) is 11.8 Å². The van der Waals surface area contributed by atoms with Crippen molar-refractivity contribution in [2.24, 2.45) is 11.8 Å². The summed E-state index contributed by atoms with van der Waals surface area (Å²) in [7, 11) is 0. The van der Waals surface area contributed by atoms with E-state index < -0.39 is 0 Å². The maximum atomic E-state index is 11.8. The Morgan fingerprint density at radius 1 is 1.44 bits per heavy atom. The van der Waals surface area contributed by atoms with Crippen LogP contribution < -0.4 is 10.6 Å². The van der Waals surface area contributed by atoms with E-state index in [-0.39, 0.29) is 11.9 Å². The maximum Gasteiger partial charge on any atom is 0.322 e. The van der Waals surface area contributed by atoms with E-state index in [1.807, 2.05) is 0 Å². The highest BCUT2D eigenvalue weighted by Gasteiger charge is 2.36. The number of aryl methyl sites for hydroxylation is 1. The molecule has 0 bridgehead atoms. The molecule has 1 amide bonds. The van der Waals surface area contributed by atoms with Crippen molar-refractivity contribution in [2.75, 3.05) is 38.0 Å². The first kappa shape index (κ1) is 11.6. The predicted octanol–water partition coefficient (Wildman–Crippen LogP) is -0.532. The molecule has 2 aliphatic rings. The molecular formula is C11H17N5O2. The number of fused-ring (bicyclic) bond motifs is 1. The summed E-state index contributed by atoms with van der Waals surface area (Å²) in [6.07, 6.45) is 0. The SMILES string of the molecule is Cc1nnc(NC(=O)CN2C[C@H]3CNC[C@H]3C2)o1. The van der Waals surface area contributed by atoms with Crippen LogP contribution in [0.1, 0.15) is 5.89 Å². The van der Waals surface area contributed by atoms with Gasteiger partial charge < -0.3 is 9.73 Å². The molecule has 7 nitrogen and oxygen atoms in total. The monoisotopic (exact) mass is 251 g/mol. The number of anilines is 1. The molecule has 1 aromatic heterocycles. The highest BCUT2D eigenvalue weighted by molar-refractivity contribution is 5.90. The van der Waals surface area contributed by atoms with Crippen LogP contribution in [-0.4, -0.2) is 53.7 Å². The van der Waals surface area contributed by atoms with Crippen LogP contribution in [0.4, 0.5) is 6.01 Å². The molecule has 3 rings (SSSR count). The average molecular weight is 251 g/mol. The Morgan fingerprint density at radius 3 is 2.78 bits per heavy atom. The Morgan fingerprint density at radius 2 is 2.17 bits per heavy atom. The Labute approximate surface area is 105 Å². The number of nitrogens with one attached hydrogen (secondary N) is 2. The van der Waals surface area contributed by atoms with Crippen LogP contribution in [0.25, 0.3) is 0 Å². The Kier molecular flexibility index (Phi) is 3.00. The number of carbonyl (C=O) groups is 1. The van der Waals surface area contributed by atoms with Gasteiger partial charge in [-0.3, -0.25) is 15.0 Å². The molecule has 18 heavy (non-hydrogen) atoms. The number of aromatic nitrogens is 2. The van der Waals surface area contributed by atoms with Gasteiger partial charge in [-0.1, -0.05) is 5.10 Å². The van der Waals surface area contributed by atoms with Crippen molar-refractivity contribution in [3.05, 3.63) is 5.89 Å². The van der Waals surface area contributed by atoms with Crippen LogP contribution in [0, 0.1) is 18.8 Å². The molecule has 2 aliphatic heterocycles. The van der Waals surface area contributed by atoms with E-state index in [9.17, 15) is 4.79 Å². The van der Waals surface area contributed by atoms with Gasteiger partial charge in [-0.25, -0.2) is 0 Å². The van der Waals surface area contributed by atoms with Crippen molar-refractivity contribution in [1.82, 2.24) is 20.4 Å². The molecule has 0 radical (unpaired) electrons. The fourth-order valence-corrected chi connectivity index (χ4v) is 2.79. The van der Waals surface area contributed by atoms with Crippen molar-refractivity contribution < 1.29 is 9.21 Å². The third-order valence-electron chi connectivity index (χ3n) is 3.60. The molecule has 7 heteroatoms. The molecule has 0 spiro atoms. The van der Waals surface area contributed by atoms with E-state index in [0.717, 1.165) is 26.2 Å². The van der Waals surface area contributed by atoms with E-state index in [1.54, 1.807) is 6.92 Å². The topological polar surface area (TPSA) is 83.3 Å². The third-order valence-corrected chi connectivity index (χ3v) is 3.60. The summed E-state index contributed by atoms with van der Waals surface area (Å²) >= 11 is 0. The quantitative estimate of drug-likeness (QED) is 0.751. The normalized spacial score (nSPS) is 27.4. The molecule has 0 aliphatic carbocycles. The molecule has 0 saturated carbocycles. The van der Waals surface area contributed by atoms with E-state index >= 15 is 0 Å². The lowest BCUT2D eigenvalue weighted by Crippen LogP contribution is -2.33. The zero-order chi connectivity index (χ0) is 12.5. The van der Waals surface area contributed by atoms with Gasteiger partial charge in [0.1, 0.15) is 0 Å². The van der Waals surface area contributed by atoms with Crippen molar-refractivity contribution in [3.8, 4) is 0 Å². The minimum absolute atomic E-state index is 0.0911. The molecule has 0 unspecified atom stereocenters. The van der Waals surface area contributed by atoms with Crippen LogP contribution in [0.5, 0.6) is 0 Å². The largest absolute Gasteiger partial charge is 0.408 e. The number of amides is 1. The Hall–Kier alpha value is -1.47. The summed E-state index contributed by atoms with van der Waals surface area (Å²) in [5, 5.41) is 13.4. The molecular weight excluding hydrogens is 234 g/mol. The lowest BCUT2D eigenvalue weighted by molar-refractivity contribution is -0.117. The van der Waals surface area contributed by atoms with E-state index in [0.29, 0.717) is 24.3 Å². The third kappa shape index (κ3) is 2.37. The highest BCUT2D eigenvalue weighted by Crippen LogP contribution is 2.25. The molecule has 2 N–H and O–H groups in total. The second-order valence-electron chi connectivity index (χ2n) is 5.05. The summed E-state index contributed by atoms with van der Waals surface area (Å²) < 4.78 is 5.11. The molecule has 3 heterocycles. The fraction of sp³-hybridized carbons (Fsp3) is 0.727. The average Bonchev–Trinajstić information content (AvgIpc) is 2.94. The molecule has 2 atom stereocenters. The minimum Gasteiger partial charge on any atom is -0.408 e. The zero-order valence-electron chi connectivity index (χ0n) is 10.3. The van der Waals surface area contributed by atoms with Crippen LogP contribution in [0.2, 0.25) is 0 Å². The Bertz CT molecular complexity index is 434. The first-order valence-corrected chi connectivity index (χ1v) is 6.24. The Balaban J connectivity index is 1.50. The van der Waals surface area contributed by atoms with Gasteiger partial charge in [-0.05, 0) is 24.9 Å². The van der Waals surface area contributed by atoms with Gasteiger partial charge >= 0.3 is 6.01 Å². The summed E-state index contributed by atoms with van der Waals surface area (Å²) in [4.78, 5) is 14.0. The predicted molar refractivity (Wildman–Crippen MR) is 64.0 cm³/mol. The zero-order valence-corrected chi connectivity index (χ0v) is 10.3. The lowest BCUT2D eigenvalue weighted by atomic mass is 10.0. The van der Waals surface area contributed by atoms with Gasteiger partial charge in [0.05, 0.1) is 6.54 Å². The number of carbonyl (C=O) groups excluding carboxylic acids is 1. The van der Waals surface area contributed by atoms with Gasteiger partial charge in [0, 0.05) is 20.0 Å². The van der Waals surface area contributed by atoms with Crippen LogP contribution in [-0.2, 0) is 4.79 Å². The number of hydrogen-bond acceptors (Lipinski definition) is 6. The summed E-state index contributed by atoms with van der Waals surface area (Å²) in [5.41, 5.74) is 0. The summed E-state index contributed by atoms with van der Waals surface area (Å²) in [6, 6.07) is 0.179. The van der Waals surface area contributed by atoms with Crippen LogP contribution in [0.3, 0.4) is 0 Å². The number of nitrogens with zero attached hydrogens (tertiary/aromatic N) is 3. The smallest absolute Gasteiger partial charge is 0.322 e.